The molecule has 1 aromatic heterocycles. The lowest BCUT2D eigenvalue weighted by Crippen LogP contribution is -2.50. The van der Waals surface area contributed by atoms with Crippen molar-refractivity contribution in [3.05, 3.63) is 53.3 Å². The van der Waals surface area contributed by atoms with E-state index in [1.54, 1.807) is 0 Å². The van der Waals surface area contributed by atoms with Gasteiger partial charge in [-0.25, -0.2) is 0 Å². The molecule has 1 aliphatic heterocycles. The van der Waals surface area contributed by atoms with E-state index in [0.717, 1.165) is 11.3 Å². The van der Waals surface area contributed by atoms with E-state index < -0.39 is 0 Å². The first-order valence-electron chi connectivity index (χ1n) is 8.15. The molecule has 1 saturated heterocycles. The zero-order valence-electron chi connectivity index (χ0n) is 14.2. The normalized spacial score (nSPS) is 21.5. The van der Waals surface area contributed by atoms with Gasteiger partial charge in [-0.15, -0.1) is 0 Å². The number of nitrogens with zero attached hydrogens (tertiary/aromatic N) is 2. The number of ether oxygens (including phenoxy) is 1. The van der Waals surface area contributed by atoms with Crippen molar-refractivity contribution in [3.8, 4) is 5.69 Å². The molecule has 2 aromatic rings. The predicted molar refractivity (Wildman–Crippen MR) is 91.2 cm³/mol. The predicted octanol–water partition coefficient (Wildman–Crippen LogP) is 3.34. The Morgan fingerprint density at radius 3 is 2.26 bits per heavy atom. The van der Waals surface area contributed by atoms with Crippen LogP contribution in [0.2, 0.25) is 0 Å². The number of aromatic nitrogens is 1. The van der Waals surface area contributed by atoms with Gasteiger partial charge in [0.15, 0.2) is 0 Å². The smallest absolute Gasteiger partial charge is 0.254 e. The molecule has 2 unspecified atom stereocenters. The Balaban J connectivity index is 1.83. The quantitative estimate of drug-likeness (QED) is 0.852. The molecular formula is C19H24N2O2. The minimum absolute atomic E-state index is 0.0835. The maximum Gasteiger partial charge on any atom is 0.254 e. The third-order valence-corrected chi connectivity index (χ3v) is 4.51. The molecule has 2 atom stereocenters. The van der Waals surface area contributed by atoms with Crippen LogP contribution in [0.25, 0.3) is 5.69 Å². The fraction of sp³-hybridized carbons (Fsp3) is 0.421. The molecule has 4 heteroatoms. The van der Waals surface area contributed by atoms with Crippen LogP contribution in [0.3, 0.4) is 0 Å². The number of carbonyl (C=O) groups excluding carboxylic acids is 1. The van der Waals surface area contributed by atoms with Crippen LogP contribution >= 0.6 is 0 Å². The van der Waals surface area contributed by atoms with Gasteiger partial charge in [-0.1, -0.05) is 0 Å². The molecule has 1 amide bonds. The molecule has 23 heavy (non-hydrogen) atoms. The molecule has 1 aromatic carbocycles. The van der Waals surface area contributed by atoms with Gasteiger partial charge >= 0.3 is 0 Å². The highest BCUT2D eigenvalue weighted by atomic mass is 16.5. The van der Waals surface area contributed by atoms with Crippen LogP contribution in [-0.4, -0.2) is 40.7 Å². The fourth-order valence-electron chi connectivity index (χ4n) is 3.18. The van der Waals surface area contributed by atoms with Crippen LogP contribution in [-0.2, 0) is 4.74 Å². The molecule has 0 saturated carbocycles. The molecular weight excluding hydrogens is 288 g/mol. The van der Waals surface area contributed by atoms with Crippen molar-refractivity contribution in [1.29, 1.82) is 0 Å². The summed E-state index contributed by atoms with van der Waals surface area (Å²) in [7, 11) is 0. The van der Waals surface area contributed by atoms with Crippen LogP contribution < -0.4 is 0 Å². The maximum atomic E-state index is 12.8. The minimum Gasteiger partial charge on any atom is -0.375 e. The van der Waals surface area contributed by atoms with E-state index in [9.17, 15) is 4.79 Å². The highest BCUT2D eigenvalue weighted by Crippen LogP contribution is 2.19. The summed E-state index contributed by atoms with van der Waals surface area (Å²) in [4.78, 5) is 14.7. The van der Waals surface area contributed by atoms with Gasteiger partial charge in [0.05, 0.1) is 18.8 Å². The van der Waals surface area contributed by atoms with Crippen molar-refractivity contribution >= 4 is 5.91 Å². The van der Waals surface area contributed by atoms with E-state index >= 15 is 0 Å². The third-order valence-electron chi connectivity index (χ3n) is 4.51. The molecule has 3 rings (SSSR count). The lowest BCUT2D eigenvalue weighted by molar-refractivity contribution is -0.0387. The first kappa shape index (κ1) is 15.8. The first-order chi connectivity index (χ1) is 11.0. The number of hydrogen-bond acceptors (Lipinski definition) is 2. The number of aryl methyl sites for hydroxylation is 2. The van der Waals surface area contributed by atoms with Gasteiger partial charge in [0.2, 0.25) is 0 Å². The van der Waals surface area contributed by atoms with Gasteiger partial charge < -0.3 is 14.2 Å². The standard InChI is InChI=1S/C19H24N2O2/c1-13-5-6-14(2)21(13)18-9-7-17(8-10-18)19(22)20-11-16(4)23-12-15(20)3/h5-10,15-16H,11-12H2,1-4H3. The molecule has 0 spiro atoms. The number of carbonyl (C=O) groups is 1. The zero-order valence-corrected chi connectivity index (χ0v) is 14.2. The maximum absolute atomic E-state index is 12.8. The van der Waals surface area contributed by atoms with Gasteiger partial charge in [0.25, 0.3) is 5.91 Å². The topological polar surface area (TPSA) is 34.5 Å². The monoisotopic (exact) mass is 312 g/mol. The molecule has 0 aliphatic carbocycles. The minimum atomic E-state index is 0.0835. The second-order valence-electron chi connectivity index (χ2n) is 6.45. The van der Waals surface area contributed by atoms with Crippen LogP contribution in [0.4, 0.5) is 0 Å². The van der Waals surface area contributed by atoms with Gasteiger partial charge in [-0.3, -0.25) is 4.79 Å². The summed E-state index contributed by atoms with van der Waals surface area (Å²) in [5, 5.41) is 0. The number of benzene rings is 1. The van der Waals surface area contributed by atoms with Crippen LogP contribution in [0.15, 0.2) is 36.4 Å². The average molecular weight is 312 g/mol. The summed E-state index contributed by atoms with van der Waals surface area (Å²) in [6, 6.07) is 12.2. The van der Waals surface area contributed by atoms with E-state index in [-0.39, 0.29) is 18.1 Å². The van der Waals surface area contributed by atoms with Crippen LogP contribution in [0.5, 0.6) is 0 Å². The number of amides is 1. The van der Waals surface area contributed by atoms with Gasteiger partial charge in [-0.05, 0) is 64.1 Å². The number of rotatable bonds is 2. The van der Waals surface area contributed by atoms with Crippen molar-refractivity contribution in [1.82, 2.24) is 9.47 Å². The molecule has 122 valence electrons. The Bertz CT molecular complexity index is 683. The van der Waals surface area contributed by atoms with E-state index in [0.29, 0.717) is 13.2 Å². The number of hydrogen-bond donors (Lipinski definition) is 0. The van der Waals surface area contributed by atoms with Crippen LogP contribution in [0, 0.1) is 13.8 Å². The Kier molecular flexibility index (Phi) is 4.26. The van der Waals surface area contributed by atoms with Crippen LogP contribution in [0.1, 0.15) is 35.6 Å². The lowest BCUT2D eigenvalue weighted by atomic mass is 10.1. The third kappa shape index (κ3) is 3.04. The summed E-state index contributed by atoms with van der Waals surface area (Å²) < 4.78 is 7.79. The molecule has 0 radical (unpaired) electrons. The fourth-order valence-corrected chi connectivity index (χ4v) is 3.18. The zero-order chi connectivity index (χ0) is 16.6. The van der Waals surface area contributed by atoms with E-state index in [1.807, 2.05) is 43.0 Å². The van der Waals surface area contributed by atoms with E-state index in [2.05, 4.69) is 30.5 Å². The average Bonchev–Trinajstić information content (AvgIpc) is 2.88. The second-order valence-corrected chi connectivity index (χ2v) is 6.45. The summed E-state index contributed by atoms with van der Waals surface area (Å²) in [6.45, 7) is 9.47. The molecule has 1 aliphatic rings. The lowest BCUT2D eigenvalue weighted by Gasteiger charge is -2.36. The highest BCUT2D eigenvalue weighted by Gasteiger charge is 2.28. The SMILES string of the molecule is Cc1ccc(C)n1-c1ccc(C(=O)N2CC(C)OCC2C)cc1. The van der Waals surface area contributed by atoms with Gasteiger partial charge in [0.1, 0.15) is 0 Å². The Hall–Kier alpha value is -2.07. The number of morpholine rings is 1. The Morgan fingerprint density at radius 1 is 1.04 bits per heavy atom. The molecule has 2 heterocycles. The first-order valence-corrected chi connectivity index (χ1v) is 8.15. The molecule has 4 nitrogen and oxygen atoms in total. The molecule has 0 bridgehead atoms. The largest absolute Gasteiger partial charge is 0.375 e. The summed E-state index contributed by atoms with van der Waals surface area (Å²) in [6.07, 6.45) is 0.0968. The Morgan fingerprint density at radius 2 is 1.65 bits per heavy atom. The summed E-state index contributed by atoms with van der Waals surface area (Å²) >= 11 is 0. The molecule has 0 N–H and O–H groups in total. The van der Waals surface area contributed by atoms with Crippen molar-refractivity contribution in [2.45, 2.75) is 39.8 Å². The van der Waals surface area contributed by atoms with Gasteiger partial charge in [0, 0.05) is 29.2 Å². The second kappa shape index (κ2) is 6.20. The van der Waals surface area contributed by atoms with E-state index in [1.165, 1.54) is 11.4 Å². The summed E-state index contributed by atoms with van der Waals surface area (Å²) in [5.41, 5.74) is 4.21. The Labute approximate surface area is 137 Å². The van der Waals surface area contributed by atoms with Crippen molar-refractivity contribution in [2.24, 2.45) is 0 Å². The van der Waals surface area contributed by atoms with Crippen molar-refractivity contribution in [3.63, 3.8) is 0 Å². The molecule has 1 fully saturated rings. The highest BCUT2D eigenvalue weighted by molar-refractivity contribution is 5.94. The van der Waals surface area contributed by atoms with Gasteiger partial charge in [-0.2, -0.15) is 0 Å². The van der Waals surface area contributed by atoms with E-state index in [4.69, 9.17) is 4.74 Å². The van der Waals surface area contributed by atoms with Crippen molar-refractivity contribution < 1.29 is 9.53 Å². The summed E-state index contributed by atoms with van der Waals surface area (Å²) in [5.74, 6) is 0.0835. The van der Waals surface area contributed by atoms with Crippen molar-refractivity contribution in [2.75, 3.05) is 13.2 Å².